The largest absolute Gasteiger partial charge is 0.352 e. The lowest BCUT2D eigenvalue weighted by Gasteiger charge is -2.20. The highest BCUT2D eigenvalue weighted by Crippen LogP contribution is 2.35. The first-order chi connectivity index (χ1) is 12.6. The van der Waals surface area contributed by atoms with Crippen molar-refractivity contribution in [1.29, 1.82) is 0 Å². The maximum absolute atomic E-state index is 14.9. The normalized spacial score (nSPS) is 11.6. The van der Waals surface area contributed by atoms with Crippen LogP contribution in [0.1, 0.15) is 0 Å². The number of halogens is 2. The van der Waals surface area contributed by atoms with Gasteiger partial charge in [0.25, 0.3) is 5.56 Å². The summed E-state index contributed by atoms with van der Waals surface area (Å²) < 4.78 is 40.5. The van der Waals surface area contributed by atoms with Crippen LogP contribution in [0.25, 0.3) is 10.9 Å². The molecule has 0 saturated carbocycles. The average Bonchev–Trinajstić information content (AvgIpc) is 2.61. The molecule has 7 nitrogen and oxygen atoms in total. The number of fused-ring (bicyclic) bond motifs is 1. The number of nitrogens with zero attached hydrogens (tertiary/aromatic N) is 3. The molecule has 10 heteroatoms. The van der Waals surface area contributed by atoms with Crippen LogP contribution in [0.4, 0.5) is 21.5 Å². The van der Waals surface area contributed by atoms with E-state index >= 15 is 0 Å². The van der Waals surface area contributed by atoms with Crippen LogP contribution in [0.15, 0.2) is 41.5 Å². The van der Waals surface area contributed by atoms with Gasteiger partial charge in [0.2, 0.25) is 10.0 Å². The SMILES string of the molecule is CN(c1ccc(Cl)c(Nc2ccc3ncn(C)c(=O)c3c2)c1F)S(C)(=O)=O. The number of sulfonamides is 1. The van der Waals surface area contributed by atoms with E-state index in [4.69, 9.17) is 11.6 Å². The first kappa shape index (κ1) is 19.1. The van der Waals surface area contributed by atoms with Gasteiger partial charge >= 0.3 is 0 Å². The molecule has 0 aliphatic carbocycles. The minimum atomic E-state index is -3.65. The fourth-order valence-corrected chi connectivity index (χ4v) is 3.20. The summed E-state index contributed by atoms with van der Waals surface area (Å²) in [5.74, 6) is -0.824. The summed E-state index contributed by atoms with van der Waals surface area (Å²) in [7, 11) is -0.824. The number of aryl methyl sites for hydroxylation is 1. The monoisotopic (exact) mass is 410 g/mol. The molecule has 142 valence electrons. The Morgan fingerprint density at radius 3 is 2.63 bits per heavy atom. The molecule has 0 aliphatic rings. The summed E-state index contributed by atoms with van der Waals surface area (Å²) >= 11 is 6.10. The van der Waals surface area contributed by atoms with E-state index in [0.717, 1.165) is 10.6 Å². The smallest absolute Gasteiger partial charge is 0.260 e. The van der Waals surface area contributed by atoms with E-state index in [1.165, 1.54) is 36.1 Å². The number of benzene rings is 2. The summed E-state index contributed by atoms with van der Waals surface area (Å²) in [5.41, 5.74) is 0.418. The maximum atomic E-state index is 14.9. The highest BCUT2D eigenvalue weighted by molar-refractivity contribution is 7.92. The van der Waals surface area contributed by atoms with E-state index in [1.54, 1.807) is 19.2 Å². The van der Waals surface area contributed by atoms with E-state index in [0.29, 0.717) is 16.6 Å². The average molecular weight is 411 g/mol. The van der Waals surface area contributed by atoms with Gasteiger partial charge in [-0.15, -0.1) is 0 Å². The Kier molecular flexibility index (Phi) is 4.83. The number of rotatable bonds is 4. The molecule has 0 bridgehead atoms. The molecule has 3 aromatic rings. The maximum Gasteiger partial charge on any atom is 0.260 e. The molecule has 0 amide bonds. The summed E-state index contributed by atoms with van der Waals surface area (Å²) in [6.45, 7) is 0. The third-order valence-electron chi connectivity index (χ3n) is 4.09. The first-order valence-corrected chi connectivity index (χ1v) is 9.96. The van der Waals surface area contributed by atoms with Crippen molar-refractivity contribution < 1.29 is 12.8 Å². The second-order valence-corrected chi connectivity index (χ2v) is 8.42. The third-order valence-corrected chi connectivity index (χ3v) is 5.60. The highest BCUT2D eigenvalue weighted by Gasteiger charge is 2.20. The van der Waals surface area contributed by atoms with E-state index < -0.39 is 15.8 Å². The molecule has 0 aliphatic heterocycles. The summed E-state index contributed by atoms with van der Waals surface area (Å²) in [5, 5.41) is 3.24. The standard InChI is InChI=1S/C17H16ClFN4O3S/c1-22-9-20-13-6-4-10(8-11(13)17(22)24)21-16-12(18)5-7-14(15(16)19)23(2)27(3,25)26/h4-9,21H,1-3H3. The zero-order chi connectivity index (χ0) is 19.9. The molecule has 1 aromatic heterocycles. The second kappa shape index (κ2) is 6.82. The van der Waals surface area contributed by atoms with E-state index in [9.17, 15) is 17.6 Å². The van der Waals surface area contributed by atoms with Crippen molar-refractivity contribution in [2.24, 2.45) is 7.05 Å². The van der Waals surface area contributed by atoms with Crippen LogP contribution < -0.4 is 15.2 Å². The second-order valence-electron chi connectivity index (χ2n) is 6.00. The number of anilines is 3. The predicted molar refractivity (Wildman–Crippen MR) is 105 cm³/mol. The number of nitrogens with one attached hydrogen (secondary N) is 1. The summed E-state index contributed by atoms with van der Waals surface area (Å²) in [6, 6.07) is 7.46. The minimum absolute atomic E-state index is 0.0670. The summed E-state index contributed by atoms with van der Waals surface area (Å²) in [4.78, 5) is 16.4. The van der Waals surface area contributed by atoms with Crippen LogP contribution in [-0.4, -0.2) is 31.3 Å². The van der Waals surface area contributed by atoms with Crippen molar-refractivity contribution in [1.82, 2.24) is 9.55 Å². The zero-order valence-corrected chi connectivity index (χ0v) is 16.3. The number of aromatic nitrogens is 2. The van der Waals surface area contributed by atoms with Crippen LogP contribution in [0.5, 0.6) is 0 Å². The van der Waals surface area contributed by atoms with Gasteiger partial charge in [-0.25, -0.2) is 17.8 Å². The predicted octanol–water partition coefficient (Wildman–Crippen LogP) is 2.87. The Balaban J connectivity index is 2.09. The van der Waals surface area contributed by atoms with E-state index in [2.05, 4.69) is 10.3 Å². The minimum Gasteiger partial charge on any atom is -0.352 e. The Bertz CT molecular complexity index is 1210. The van der Waals surface area contributed by atoms with Gasteiger partial charge in [0, 0.05) is 19.8 Å². The molecule has 0 spiro atoms. The lowest BCUT2D eigenvalue weighted by atomic mass is 10.2. The van der Waals surface area contributed by atoms with Crippen LogP contribution in [0.2, 0.25) is 5.02 Å². The summed E-state index contributed by atoms with van der Waals surface area (Å²) in [6.07, 6.45) is 2.39. The van der Waals surface area contributed by atoms with Crippen LogP contribution in [0.3, 0.4) is 0 Å². The molecule has 1 N–H and O–H groups in total. The fourth-order valence-electron chi connectivity index (χ4n) is 2.51. The third kappa shape index (κ3) is 3.60. The van der Waals surface area contributed by atoms with E-state index in [1.807, 2.05) is 0 Å². The van der Waals surface area contributed by atoms with Crippen LogP contribution in [-0.2, 0) is 17.1 Å². The van der Waals surface area contributed by atoms with Gasteiger partial charge in [-0.3, -0.25) is 9.10 Å². The Morgan fingerprint density at radius 1 is 1.26 bits per heavy atom. The van der Waals surface area contributed by atoms with Gasteiger partial charge < -0.3 is 9.88 Å². The topological polar surface area (TPSA) is 84.3 Å². The van der Waals surface area contributed by atoms with Crippen molar-refractivity contribution in [2.45, 2.75) is 0 Å². The Labute approximate surface area is 160 Å². The Morgan fingerprint density at radius 2 is 1.96 bits per heavy atom. The van der Waals surface area contributed by atoms with Gasteiger partial charge in [0.1, 0.15) is 0 Å². The molecule has 27 heavy (non-hydrogen) atoms. The van der Waals surface area contributed by atoms with Gasteiger partial charge in [0.05, 0.1) is 39.9 Å². The molecule has 2 aromatic carbocycles. The highest BCUT2D eigenvalue weighted by atomic mass is 35.5. The van der Waals surface area contributed by atoms with Gasteiger partial charge in [-0.2, -0.15) is 0 Å². The lowest BCUT2D eigenvalue weighted by Crippen LogP contribution is -2.26. The number of hydrogen-bond donors (Lipinski definition) is 1. The molecule has 0 saturated heterocycles. The van der Waals surface area contributed by atoms with Crippen LogP contribution in [0, 0.1) is 5.82 Å². The molecule has 0 atom stereocenters. The molecular weight excluding hydrogens is 395 g/mol. The number of hydrogen-bond acceptors (Lipinski definition) is 5. The van der Waals surface area contributed by atoms with Crippen LogP contribution >= 0.6 is 11.6 Å². The van der Waals surface area contributed by atoms with Crippen molar-refractivity contribution >= 4 is 49.6 Å². The lowest BCUT2D eigenvalue weighted by molar-refractivity contribution is 0.595. The van der Waals surface area contributed by atoms with Gasteiger partial charge in [0.15, 0.2) is 5.82 Å². The van der Waals surface area contributed by atoms with E-state index in [-0.39, 0.29) is 22.0 Å². The fraction of sp³-hybridized carbons (Fsp3) is 0.176. The molecule has 0 unspecified atom stereocenters. The first-order valence-electron chi connectivity index (χ1n) is 7.74. The van der Waals surface area contributed by atoms with Gasteiger partial charge in [-0.05, 0) is 30.3 Å². The van der Waals surface area contributed by atoms with Crippen molar-refractivity contribution in [2.75, 3.05) is 22.9 Å². The van der Waals surface area contributed by atoms with Crippen molar-refractivity contribution in [3.05, 3.63) is 57.9 Å². The molecule has 1 heterocycles. The molecular formula is C17H16ClFN4O3S. The molecule has 0 fully saturated rings. The zero-order valence-electron chi connectivity index (χ0n) is 14.7. The van der Waals surface area contributed by atoms with Gasteiger partial charge in [-0.1, -0.05) is 11.6 Å². The Hall–Kier alpha value is -2.65. The molecule has 0 radical (unpaired) electrons. The van der Waals surface area contributed by atoms with Crippen molar-refractivity contribution in [3.63, 3.8) is 0 Å². The quantitative estimate of drug-likeness (QED) is 0.715. The molecule has 3 rings (SSSR count). The van der Waals surface area contributed by atoms with Crippen molar-refractivity contribution in [3.8, 4) is 0 Å².